The van der Waals surface area contributed by atoms with E-state index in [1.54, 1.807) is 0 Å². The average molecular weight is 407 g/mol. The number of halogens is 1. The number of carbonyl (C=O) groups is 1. The first-order valence-corrected chi connectivity index (χ1v) is 8.55. The van der Waals surface area contributed by atoms with Crippen molar-refractivity contribution in [3.8, 4) is 0 Å². The molecule has 2 aromatic carbocycles. The highest BCUT2D eigenvalue weighted by molar-refractivity contribution is 14.1. The van der Waals surface area contributed by atoms with Gasteiger partial charge in [-0.05, 0) is 58.7 Å². The molecule has 0 N–H and O–H groups in total. The van der Waals surface area contributed by atoms with Crippen molar-refractivity contribution in [1.82, 2.24) is 4.90 Å². The molecule has 114 valence electrons. The lowest BCUT2D eigenvalue weighted by Crippen LogP contribution is -2.31. The van der Waals surface area contributed by atoms with Crippen molar-refractivity contribution < 1.29 is 9.53 Å². The molecule has 1 heterocycles. The monoisotopic (exact) mass is 407 g/mol. The summed E-state index contributed by atoms with van der Waals surface area (Å²) in [4.78, 5) is 14.2. The maximum absolute atomic E-state index is 12.4. The molecule has 22 heavy (non-hydrogen) atoms. The summed E-state index contributed by atoms with van der Waals surface area (Å²) in [5.74, 6) is 0. The van der Waals surface area contributed by atoms with Crippen molar-refractivity contribution in [3.63, 3.8) is 0 Å². The molecule has 1 aliphatic heterocycles. The third kappa shape index (κ3) is 3.61. The first-order chi connectivity index (χ1) is 10.7. The third-order valence-electron chi connectivity index (χ3n) is 3.95. The Hall–Kier alpha value is -1.56. The van der Waals surface area contributed by atoms with Gasteiger partial charge >= 0.3 is 6.09 Å². The fourth-order valence-electron chi connectivity index (χ4n) is 2.82. The maximum atomic E-state index is 12.4. The predicted octanol–water partition coefficient (Wildman–Crippen LogP) is 4.76. The minimum atomic E-state index is -0.218. The predicted molar refractivity (Wildman–Crippen MR) is 94.5 cm³/mol. The highest BCUT2D eigenvalue weighted by Crippen LogP contribution is 2.32. The Labute approximate surface area is 144 Å². The minimum Gasteiger partial charge on any atom is -0.445 e. The van der Waals surface area contributed by atoms with Crippen LogP contribution in [-0.2, 0) is 11.3 Å². The molecule has 1 unspecified atom stereocenters. The van der Waals surface area contributed by atoms with Crippen LogP contribution >= 0.6 is 22.6 Å². The van der Waals surface area contributed by atoms with Crippen LogP contribution in [0, 0.1) is 3.57 Å². The number of carbonyl (C=O) groups excluding carboxylic acids is 1. The maximum Gasteiger partial charge on any atom is 0.410 e. The molecule has 3 nitrogen and oxygen atoms in total. The van der Waals surface area contributed by atoms with Gasteiger partial charge in [0.25, 0.3) is 0 Å². The van der Waals surface area contributed by atoms with E-state index in [2.05, 4.69) is 46.9 Å². The van der Waals surface area contributed by atoms with Gasteiger partial charge in [-0.2, -0.15) is 0 Å². The van der Waals surface area contributed by atoms with Gasteiger partial charge in [-0.25, -0.2) is 4.79 Å². The smallest absolute Gasteiger partial charge is 0.410 e. The lowest BCUT2D eigenvalue weighted by molar-refractivity contribution is 0.0921. The van der Waals surface area contributed by atoms with Crippen LogP contribution in [0.15, 0.2) is 54.6 Å². The van der Waals surface area contributed by atoms with Crippen LogP contribution in [0.5, 0.6) is 0 Å². The Morgan fingerprint density at radius 1 is 1.14 bits per heavy atom. The van der Waals surface area contributed by atoms with Crippen LogP contribution in [0.1, 0.15) is 30.0 Å². The van der Waals surface area contributed by atoms with E-state index in [-0.39, 0.29) is 12.1 Å². The van der Waals surface area contributed by atoms with Crippen molar-refractivity contribution in [3.05, 3.63) is 69.3 Å². The Balaban J connectivity index is 1.65. The van der Waals surface area contributed by atoms with Crippen molar-refractivity contribution in [1.29, 1.82) is 0 Å². The van der Waals surface area contributed by atoms with E-state index in [4.69, 9.17) is 4.74 Å². The molecule has 2 aromatic rings. The molecule has 0 radical (unpaired) electrons. The van der Waals surface area contributed by atoms with Crippen molar-refractivity contribution in [2.24, 2.45) is 0 Å². The summed E-state index contributed by atoms with van der Waals surface area (Å²) >= 11 is 2.29. The zero-order chi connectivity index (χ0) is 15.4. The summed E-state index contributed by atoms with van der Waals surface area (Å²) in [5, 5.41) is 0. The molecule has 1 fully saturated rings. The first kappa shape index (κ1) is 15.3. The highest BCUT2D eigenvalue weighted by Gasteiger charge is 2.30. The van der Waals surface area contributed by atoms with E-state index in [1.807, 2.05) is 35.2 Å². The van der Waals surface area contributed by atoms with Gasteiger partial charge in [0.15, 0.2) is 0 Å². The van der Waals surface area contributed by atoms with Crippen molar-refractivity contribution >= 4 is 28.7 Å². The van der Waals surface area contributed by atoms with Crippen molar-refractivity contribution in [2.75, 3.05) is 6.54 Å². The number of nitrogens with zero attached hydrogens (tertiary/aromatic N) is 1. The van der Waals surface area contributed by atoms with Gasteiger partial charge in [0, 0.05) is 10.1 Å². The second kappa shape index (κ2) is 7.13. The summed E-state index contributed by atoms with van der Waals surface area (Å²) in [5.41, 5.74) is 2.20. The number of amides is 1. The number of ether oxygens (including phenoxy) is 1. The molecule has 0 bridgehead atoms. The van der Waals surface area contributed by atoms with E-state index in [0.717, 1.165) is 24.9 Å². The second-order valence-corrected chi connectivity index (χ2v) is 6.69. The quantitative estimate of drug-likeness (QED) is 0.687. The Morgan fingerprint density at radius 2 is 1.86 bits per heavy atom. The molecule has 0 aromatic heterocycles. The topological polar surface area (TPSA) is 29.5 Å². The Morgan fingerprint density at radius 3 is 2.59 bits per heavy atom. The lowest BCUT2D eigenvalue weighted by atomic mass is 10.1. The van der Waals surface area contributed by atoms with Gasteiger partial charge in [-0.1, -0.05) is 42.5 Å². The van der Waals surface area contributed by atoms with Crippen LogP contribution in [0.2, 0.25) is 0 Å². The summed E-state index contributed by atoms with van der Waals surface area (Å²) in [6, 6.07) is 18.3. The minimum absolute atomic E-state index is 0.139. The molecule has 4 heteroatoms. The summed E-state index contributed by atoms with van der Waals surface area (Å²) < 4.78 is 6.68. The summed E-state index contributed by atoms with van der Waals surface area (Å²) in [7, 11) is 0. The number of rotatable bonds is 3. The molecule has 1 atom stereocenters. The van der Waals surface area contributed by atoms with Gasteiger partial charge in [-0.15, -0.1) is 0 Å². The fourth-order valence-corrected chi connectivity index (χ4v) is 3.18. The normalized spacial score (nSPS) is 17.5. The van der Waals surface area contributed by atoms with E-state index in [0.29, 0.717) is 6.61 Å². The van der Waals surface area contributed by atoms with Gasteiger partial charge < -0.3 is 9.64 Å². The van der Waals surface area contributed by atoms with E-state index < -0.39 is 0 Å². The number of hydrogen-bond donors (Lipinski definition) is 0. The Bertz CT molecular complexity index is 627. The van der Waals surface area contributed by atoms with Crippen LogP contribution in [0.3, 0.4) is 0 Å². The summed E-state index contributed by atoms with van der Waals surface area (Å²) in [6.07, 6.45) is 1.81. The lowest BCUT2D eigenvalue weighted by Gasteiger charge is -2.24. The number of benzene rings is 2. The molecule has 0 saturated carbocycles. The van der Waals surface area contributed by atoms with Gasteiger partial charge in [0.1, 0.15) is 6.61 Å². The fraction of sp³-hybridized carbons (Fsp3) is 0.278. The van der Waals surface area contributed by atoms with E-state index in [1.165, 1.54) is 9.13 Å². The SMILES string of the molecule is O=C(OCc1ccccc1)N1CCCC1c1ccc(I)cc1. The van der Waals surface area contributed by atoms with Crippen LogP contribution in [0.4, 0.5) is 4.79 Å². The van der Waals surface area contributed by atoms with Gasteiger partial charge in [0.05, 0.1) is 6.04 Å². The Kier molecular flexibility index (Phi) is 4.97. The molecule has 1 aliphatic rings. The molecule has 1 saturated heterocycles. The van der Waals surface area contributed by atoms with Crippen LogP contribution < -0.4 is 0 Å². The standard InChI is InChI=1S/C18H18INO2/c19-16-10-8-15(9-11-16)17-7-4-12-20(17)18(21)22-13-14-5-2-1-3-6-14/h1-3,5-6,8-11,17H,4,7,12-13H2. The molecular formula is C18H18INO2. The number of hydrogen-bond acceptors (Lipinski definition) is 2. The highest BCUT2D eigenvalue weighted by atomic mass is 127. The zero-order valence-corrected chi connectivity index (χ0v) is 14.4. The van der Waals surface area contributed by atoms with Crippen molar-refractivity contribution in [2.45, 2.75) is 25.5 Å². The largest absolute Gasteiger partial charge is 0.445 e. The zero-order valence-electron chi connectivity index (χ0n) is 12.2. The van der Waals surface area contributed by atoms with E-state index in [9.17, 15) is 4.79 Å². The average Bonchev–Trinajstić information content (AvgIpc) is 3.04. The molecule has 0 spiro atoms. The summed E-state index contributed by atoms with van der Waals surface area (Å²) in [6.45, 7) is 1.10. The molecule has 1 amide bonds. The third-order valence-corrected chi connectivity index (χ3v) is 4.67. The molecule has 0 aliphatic carbocycles. The van der Waals surface area contributed by atoms with Gasteiger partial charge in [-0.3, -0.25) is 0 Å². The first-order valence-electron chi connectivity index (χ1n) is 7.47. The molecule has 3 rings (SSSR count). The van der Waals surface area contributed by atoms with Gasteiger partial charge in [0.2, 0.25) is 0 Å². The second-order valence-electron chi connectivity index (χ2n) is 5.44. The number of likely N-dealkylation sites (tertiary alicyclic amines) is 1. The van der Waals surface area contributed by atoms with E-state index >= 15 is 0 Å². The van der Waals surface area contributed by atoms with Crippen LogP contribution in [0.25, 0.3) is 0 Å². The van der Waals surface area contributed by atoms with Crippen LogP contribution in [-0.4, -0.2) is 17.5 Å². The molecular weight excluding hydrogens is 389 g/mol.